The van der Waals surface area contributed by atoms with Gasteiger partial charge in [0, 0.05) is 18.2 Å². The molecule has 6 nitrogen and oxygen atoms in total. The van der Waals surface area contributed by atoms with Crippen LogP contribution in [0.4, 0.5) is 5.82 Å². The molecule has 18 heavy (non-hydrogen) atoms. The Morgan fingerprint density at radius 3 is 2.89 bits per heavy atom. The van der Waals surface area contributed by atoms with Gasteiger partial charge in [0.05, 0.1) is 0 Å². The molecule has 0 aliphatic heterocycles. The topological polar surface area (TPSA) is 84.2 Å². The fourth-order valence-electron chi connectivity index (χ4n) is 1.55. The average Bonchev–Trinajstić information content (AvgIpc) is 2.72. The Labute approximate surface area is 106 Å². The van der Waals surface area contributed by atoms with Gasteiger partial charge in [0.25, 0.3) is 0 Å². The van der Waals surface area contributed by atoms with Gasteiger partial charge in [-0.05, 0) is 6.42 Å². The van der Waals surface area contributed by atoms with E-state index in [1.807, 2.05) is 6.92 Å². The summed E-state index contributed by atoms with van der Waals surface area (Å²) in [6.45, 7) is 3.75. The van der Waals surface area contributed by atoms with E-state index in [1.165, 1.54) is 10.9 Å². The molecule has 0 spiro atoms. The Kier molecular flexibility index (Phi) is 5.35. The van der Waals surface area contributed by atoms with Crippen molar-refractivity contribution in [1.82, 2.24) is 9.78 Å². The van der Waals surface area contributed by atoms with Gasteiger partial charge in [-0.2, -0.15) is 5.10 Å². The highest BCUT2D eigenvalue weighted by atomic mass is 16.4. The standard InChI is InChI=1S/C12H19N3O3/c1-3-4-5-9(2)12(18)13-10-6-7-15(14-10)8-11(16)17/h6-7,9H,3-5,8H2,1-2H3,(H,16,17)(H,13,14,18). The van der Waals surface area contributed by atoms with Gasteiger partial charge in [0.15, 0.2) is 5.82 Å². The number of aliphatic carboxylic acids is 1. The number of carboxylic acids is 1. The van der Waals surface area contributed by atoms with Crippen molar-refractivity contribution in [1.29, 1.82) is 0 Å². The fraction of sp³-hybridized carbons (Fsp3) is 0.583. The zero-order valence-corrected chi connectivity index (χ0v) is 10.7. The van der Waals surface area contributed by atoms with E-state index in [0.717, 1.165) is 19.3 Å². The lowest BCUT2D eigenvalue weighted by molar-refractivity contribution is -0.137. The summed E-state index contributed by atoms with van der Waals surface area (Å²) in [6.07, 6.45) is 4.45. The van der Waals surface area contributed by atoms with Gasteiger partial charge in [0.1, 0.15) is 6.54 Å². The maximum atomic E-state index is 11.8. The second kappa shape index (κ2) is 6.78. The molecule has 1 heterocycles. The van der Waals surface area contributed by atoms with Crippen molar-refractivity contribution in [3.63, 3.8) is 0 Å². The average molecular weight is 253 g/mol. The van der Waals surface area contributed by atoms with Crippen molar-refractivity contribution < 1.29 is 14.7 Å². The molecule has 1 unspecified atom stereocenters. The third kappa shape index (κ3) is 4.57. The molecule has 1 amide bonds. The van der Waals surface area contributed by atoms with Crippen molar-refractivity contribution >= 4 is 17.7 Å². The molecule has 6 heteroatoms. The van der Waals surface area contributed by atoms with Crippen molar-refractivity contribution in [3.8, 4) is 0 Å². The predicted octanol–water partition coefficient (Wildman–Crippen LogP) is 1.73. The lowest BCUT2D eigenvalue weighted by Crippen LogP contribution is -2.21. The van der Waals surface area contributed by atoms with E-state index in [-0.39, 0.29) is 18.4 Å². The first-order valence-corrected chi connectivity index (χ1v) is 6.09. The van der Waals surface area contributed by atoms with Crippen LogP contribution in [-0.4, -0.2) is 26.8 Å². The van der Waals surface area contributed by atoms with E-state index < -0.39 is 5.97 Å². The summed E-state index contributed by atoms with van der Waals surface area (Å²) in [6, 6.07) is 1.59. The summed E-state index contributed by atoms with van der Waals surface area (Å²) in [7, 11) is 0. The van der Waals surface area contributed by atoms with E-state index in [2.05, 4.69) is 17.3 Å². The van der Waals surface area contributed by atoms with Crippen molar-refractivity contribution in [3.05, 3.63) is 12.3 Å². The minimum Gasteiger partial charge on any atom is -0.480 e. The van der Waals surface area contributed by atoms with E-state index in [1.54, 1.807) is 6.07 Å². The molecule has 1 aromatic rings. The number of nitrogens with zero attached hydrogens (tertiary/aromatic N) is 2. The largest absolute Gasteiger partial charge is 0.480 e. The van der Waals surface area contributed by atoms with Gasteiger partial charge >= 0.3 is 5.97 Å². The van der Waals surface area contributed by atoms with E-state index in [0.29, 0.717) is 5.82 Å². The maximum Gasteiger partial charge on any atom is 0.325 e. The van der Waals surface area contributed by atoms with Crippen LogP contribution in [0, 0.1) is 5.92 Å². The molecular weight excluding hydrogens is 234 g/mol. The maximum absolute atomic E-state index is 11.8. The molecule has 2 N–H and O–H groups in total. The molecule has 100 valence electrons. The second-order valence-corrected chi connectivity index (χ2v) is 4.32. The molecular formula is C12H19N3O3. The smallest absolute Gasteiger partial charge is 0.325 e. The molecule has 0 radical (unpaired) electrons. The number of unbranched alkanes of at least 4 members (excludes halogenated alkanes) is 1. The zero-order chi connectivity index (χ0) is 13.5. The van der Waals surface area contributed by atoms with Gasteiger partial charge in [-0.25, -0.2) is 0 Å². The van der Waals surface area contributed by atoms with Crippen LogP contribution in [0.1, 0.15) is 33.1 Å². The van der Waals surface area contributed by atoms with Gasteiger partial charge in [-0.3, -0.25) is 14.3 Å². The first kappa shape index (κ1) is 14.2. The first-order valence-electron chi connectivity index (χ1n) is 6.09. The molecule has 1 atom stereocenters. The number of carbonyl (C=O) groups is 2. The summed E-state index contributed by atoms with van der Waals surface area (Å²) < 4.78 is 1.27. The lowest BCUT2D eigenvalue weighted by Gasteiger charge is -2.09. The highest BCUT2D eigenvalue weighted by Gasteiger charge is 2.13. The summed E-state index contributed by atoms with van der Waals surface area (Å²) in [5, 5.41) is 15.2. The summed E-state index contributed by atoms with van der Waals surface area (Å²) in [5.74, 6) is -0.713. The number of carboxylic acid groups (broad SMARTS) is 1. The molecule has 0 bridgehead atoms. The predicted molar refractivity (Wildman–Crippen MR) is 67.2 cm³/mol. The Morgan fingerprint density at radius 2 is 2.28 bits per heavy atom. The van der Waals surface area contributed by atoms with Crippen LogP contribution in [0.15, 0.2) is 12.3 Å². The second-order valence-electron chi connectivity index (χ2n) is 4.32. The lowest BCUT2D eigenvalue weighted by atomic mass is 10.0. The normalized spacial score (nSPS) is 12.1. The van der Waals surface area contributed by atoms with Crippen molar-refractivity contribution in [2.75, 3.05) is 5.32 Å². The minimum absolute atomic E-state index is 0.0606. The molecule has 1 aromatic heterocycles. The monoisotopic (exact) mass is 253 g/mol. The molecule has 0 saturated heterocycles. The minimum atomic E-state index is -0.965. The molecule has 1 rings (SSSR count). The van der Waals surface area contributed by atoms with Crippen LogP contribution in [0.5, 0.6) is 0 Å². The van der Waals surface area contributed by atoms with Crippen LogP contribution in [0.3, 0.4) is 0 Å². The molecule has 0 aliphatic carbocycles. The number of anilines is 1. The van der Waals surface area contributed by atoms with Crippen LogP contribution >= 0.6 is 0 Å². The third-order valence-electron chi connectivity index (χ3n) is 2.63. The Morgan fingerprint density at radius 1 is 1.56 bits per heavy atom. The number of hydrogen-bond acceptors (Lipinski definition) is 3. The van der Waals surface area contributed by atoms with Gasteiger partial charge in [-0.1, -0.05) is 26.7 Å². The van der Waals surface area contributed by atoms with Crippen molar-refractivity contribution in [2.45, 2.75) is 39.7 Å². The number of aromatic nitrogens is 2. The van der Waals surface area contributed by atoms with E-state index in [4.69, 9.17) is 5.11 Å². The van der Waals surface area contributed by atoms with Gasteiger partial charge in [-0.15, -0.1) is 0 Å². The highest BCUT2D eigenvalue weighted by molar-refractivity contribution is 5.91. The Bertz CT molecular complexity index is 414. The number of carbonyl (C=O) groups excluding carboxylic acids is 1. The molecule has 0 saturated carbocycles. The van der Waals surface area contributed by atoms with Crippen LogP contribution in [-0.2, 0) is 16.1 Å². The summed E-state index contributed by atoms with van der Waals surface area (Å²) in [5.41, 5.74) is 0. The van der Waals surface area contributed by atoms with E-state index >= 15 is 0 Å². The van der Waals surface area contributed by atoms with Crippen LogP contribution in [0.2, 0.25) is 0 Å². The van der Waals surface area contributed by atoms with Gasteiger partial charge < -0.3 is 10.4 Å². The number of nitrogens with one attached hydrogen (secondary N) is 1. The van der Waals surface area contributed by atoms with Crippen LogP contribution < -0.4 is 5.32 Å². The quantitative estimate of drug-likeness (QED) is 0.775. The zero-order valence-electron chi connectivity index (χ0n) is 10.7. The van der Waals surface area contributed by atoms with Crippen LogP contribution in [0.25, 0.3) is 0 Å². The summed E-state index contributed by atoms with van der Waals surface area (Å²) >= 11 is 0. The van der Waals surface area contributed by atoms with E-state index in [9.17, 15) is 9.59 Å². The Hall–Kier alpha value is -1.85. The number of amides is 1. The third-order valence-corrected chi connectivity index (χ3v) is 2.63. The number of hydrogen-bond donors (Lipinski definition) is 2. The SMILES string of the molecule is CCCCC(C)C(=O)Nc1ccn(CC(=O)O)n1. The highest BCUT2D eigenvalue weighted by Crippen LogP contribution is 2.11. The van der Waals surface area contributed by atoms with Crippen molar-refractivity contribution in [2.24, 2.45) is 5.92 Å². The fourth-order valence-corrected chi connectivity index (χ4v) is 1.55. The Balaban J connectivity index is 2.48. The summed E-state index contributed by atoms with van der Waals surface area (Å²) in [4.78, 5) is 22.3. The number of rotatable bonds is 7. The molecule has 0 aliphatic rings. The first-order chi connectivity index (χ1) is 8.52. The molecule has 0 aromatic carbocycles. The van der Waals surface area contributed by atoms with Gasteiger partial charge in [0.2, 0.25) is 5.91 Å². The molecule has 0 fully saturated rings.